The Labute approximate surface area is 118 Å². The predicted molar refractivity (Wildman–Crippen MR) is 79.9 cm³/mol. The molecule has 1 aromatic carbocycles. The molecule has 2 aromatic rings. The third kappa shape index (κ3) is 2.19. The highest BCUT2D eigenvalue weighted by Crippen LogP contribution is 2.30. The quantitative estimate of drug-likeness (QED) is 0.848. The largest absolute Gasteiger partial charge is 0.399 e. The first-order valence-corrected chi connectivity index (χ1v) is 8.25. The zero-order valence-electron chi connectivity index (χ0n) is 11.5. The molecular formula is C14H19N3O2S. The van der Waals surface area contributed by atoms with Gasteiger partial charge >= 0.3 is 0 Å². The monoisotopic (exact) mass is 293 g/mol. The molecule has 0 bridgehead atoms. The van der Waals surface area contributed by atoms with Crippen LogP contribution in [-0.2, 0) is 10.0 Å². The number of nitrogens with zero attached hydrogens (tertiary/aromatic N) is 1. The Morgan fingerprint density at radius 1 is 1.40 bits per heavy atom. The van der Waals surface area contributed by atoms with E-state index in [0.29, 0.717) is 28.4 Å². The molecule has 0 aliphatic heterocycles. The van der Waals surface area contributed by atoms with Crippen LogP contribution in [0.25, 0.3) is 10.9 Å². The predicted octanol–water partition coefficient (Wildman–Crippen LogP) is 2.17. The molecule has 0 amide bonds. The van der Waals surface area contributed by atoms with Gasteiger partial charge in [0.15, 0.2) is 0 Å². The lowest BCUT2D eigenvalue weighted by Gasteiger charge is -2.29. The molecule has 6 heteroatoms. The third-order valence-corrected chi connectivity index (χ3v) is 5.96. The van der Waals surface area contributed by atoms with Gasteiger partial charge in [0.05, 0.1) is 0 Å². The van der Waals surface area contributed by atoms with Gasteiger partial charge in [-0.3, -0.25) is 0 Å². The van der Waals surface area contributed by atoms with Gasteiger partial charge in [-0.2, -0.15) is 0 Å². The van der Waals surface area contributed by atoms with Gasteiger partial charge in [0.2, 0.25) is 10.0 Å². The van der Waals surface area contributed by atoms with Gasteiger partial charge in [-0.1, -0.05) is 6.42 Å². The Balaban J connectivity index is 1.95. The Morgan fingerprint density at radius 3 is 2.80 bits per heavy atom. The summed E-state index contributed by atoms with van der Waals surface area (Å²) in [6, 6.07) is 5.23. The van der Waals surface area contributed by atoms with Gasteiger partial charge in [0, 0.05) is 36.4 Å². The maximum absolute atomic E-state index is 12.6. The molecule has 1 saturated carbocycles. The van der Waals surface area contributed by atoms with Gasteiger partial charge in [-0.15, -0.1) is 0 Å². The van der Waals surface area contributed by atoms with Gasteiger partial charge in [-0.25, -0.2) is 12.7 Å². The number of fused-ring (bicyclic) bond motifs is 1. The van der Waals surface area contributed by atoms with Crippen molar-refractivity contribution in [3.8, 4) is 0 Å². The second-order valence-electron chi connectivity index (χ2n) is 5.54. The number of benzene rings is 1. The molecule has 5 nitrogen and oxygen atoms in total. The van der Waals surface area contributed by atoms with Crippen molar-refractivity contribution >= 4 is 26.6 Å². The van der Waals surface area contributed by atoms with Crippen LogP contribution in [0.5, 0.6) is 0 Å². The lowest BCUT2D eigenvalue weighted by atomic mass is 9.86. The van der Waals surface area contributed by atoms with Gasteiger partial charge < -0.3 is 10.7 Å². The van der Waals surface area contributed by atoms with Crippen molar-refractivity contribution in [3.05, 3.63) is 24.4 Å². The summed E-state index contributed by atoms with van der Waals surface area (Å²) >= 11 is 0. The highest BCUT2D eigenvalue weighted by molar-refractivity contribution is 7.89. The van der Waals surface area contributed by atoms with Crippen LogP contribution in [0, 0.1) is 5.92 Å². The van der Waals surface area contributed by atoms with E-state index >= 15 is 0 Å². The number of sulfonamides is 1. The minimum Gasteiger partial charge on any atom is -0.399 e. The highest BCUT2D eigenvalue weighted by atomic mass is 32.2. The van der Waals surface area contributed by atoms with Crippen LogP contribution in [0.4, 0.5) is 5.69 Å². The fourth-order valence-electron chi connectivity index (χ4n) is 2.64. The second kappa shape index (κ2) is 4.79. The molecular weight excluding hydrogens is 274 g/mol. The van der Waals surface area contributed by atoms with Crippen molar-refractivity contribution in [2.45, 2.75) is 24.2 Å². The fraction of sp³-hybridized carbons (Fsp3) is 0.429. The number of hydrogen-bond acceptors (Lipinski definition) is 3. The molecule has 1 fully saturated rings. The Hall–Kier alpha value is -1.53. The van der Waals surface area contributed by atoms with Crippen molar-refractivity contribution in [2.24, 2.45) is 5.92 Å². The van der Waals surface area contributed by atoms with Crippen LogP contribution in [0.1, 0.15) is 19.3 Å². The maximum Gasteiger partial charge on any atom is 0.244 e. The van der Waals surface area contributed by atoms with E-state index in [0.717, 1.165) is 18.4 Å². The Bertz CT molecular complexity index is 732. The van der Waals surface area contributed by atoms with Crippen LogP contribution < -0.4 is 5.73 Å². The Morgan fingerprint density at radius 2 is 2.15 bits per heavy atom. The number of hydrogen-bond donors (Lipinski definition) is 2. The molecule has 3 rings (SSSR count). The van der Waals surface area contributed by atoms with E-state index in [9.17, 15) is 8.42 Å². The number of aromatic nitrogens is 1. The lowest BCUT2D eigenvalue weighted by Crippen LogP contribution is -2.34. The zero-order chi connectivity index (χ0) is 14.3. The average Bonchev–Trinajstić information content (AvgIpc) is 2.76. The van der Waals surface area contributed by atoms with Crippen molar-refractivity contribution < 1.29 is 8.42 Å². The van der Waals surface area contributed by atoms with Crippen LogP contribution in [-0.4, -0.2) is 31.3 Å². The molecule has 1 aliphatic rings. The molecule has 1 heterocycles. The van der Waals surface area contributed by atoms with E-state index in [1.807, 2.05) is 0 Å². The molecule has 1 aliphatic carbocycles. The average molecular weight is 293 g/mol. The highest BCUT2D eigenvalue weighted by Gasteiger charge is 2.28. The van der Waals surface area contributed by atoms with Gasteiger partial charge in [-0.05, 0) is 37.0 Å². The van der Waals surface area contributed by atoms with E-state index in [4.69, 9.17) is 5.73 Å². The summed E-state index contributed by atoms with van der Waals surface area (Å²) in [7, 11) is -1.79. The SMILES string of the molecule is CN(CC1CCC1)S(=O)(=O)c1c[nH]c2cc(N)ccc12. The summed E-state index contributed by atoms with van der Waals surface area (Å²) < 4.78 is 26.8. The smallest absolute Gasteiger partial charge is 0.244 e. The number of anilines is 1. The first-order valence-electron chi connectivity index (χ1n) is 6.81. The number of nitrogens with two attached hydrogens (primary N) is 1. The van der Waals surface area contributed by atoms with Crippen LogP contribution in [0.2, 0.25) is 0 Å². The van der Waals surface area contributed by atoms with E-state index < -0.39 is 10.0 Å². The first kappa shape index (κ1) is 13.5. The molecule has 1 aromatic heterocycles. The number of nitrogens with one attached hydrogen (secondary N) is 1. The van der Waals surface area contributed by atoms with E-state index in [1.54, 1.807) is 31.4 Å². The summed E-state index contributed by atoms with van der Waals surface area (Å²) in [6.45, 7) is 0.601. The summed E-state index contributed by atoms with van der Waals surface area (Å²) in [6.07, 6.45) is 5.02. The van der Waals surface area contributed by atoms with E-state index in [-0.39, 0.29) is 0 Å². The standard InChI is InChI=1S/C14H19N3O2S/c1-17(9-10-3-2-4-10)20(18,19)14-8-16-13-7-11(15)5-6-12(13)14/h5-8,10,16H,2-4,9,15H2,1H3. The minimum absolute atomic E-state index is 0.328. The molecule has 0 saturated heterocycles. The number of rotatable bonds is 4. The van der Waals surface area contributed by atoms with Crippen LogP contribution >= 0.6 is 0 Å². The fourth-order valence-corrected chi connectivity index (χ4v) is 4.04. The normalized spacial score (nSPS) is 16.7. The topological polar surface area (TPSA) is 79.2 Å². The maximum atomic E-state index is 12.6. The second-order valence-corrected chi connectivity index (χ2v) is 7.55. The molecule has 0 unspecified atom stereocenters. The molecule has 3 N–H and O–H groups in total. The van der Waals surface area contributed by atoms with Gasteiger partial charge in [0.25, 0.3) is 0 Å². The Kier molecular flexibility index (Phi) is 3.22. The van der Waals surface area contributed by atoms with Crippen molar-refractivity contribution in [1.82, 2.24) is 9.29 Å². The molecule has 0 radical (unpaired) electrons. The number of nitrogen functional groups attached to an aromatic ring is 1. The summed E-state index contributed by atoms with van der Waals surface area (Å²) in [5, 5.41) is 0.694. The summed E-state index contributed by atoms with van der Waals surface area (Å²) in [5.74, 6) is 0.510. The zero-order valence-corrected chi connectivity index (χ0v) is 12.3. The van der Waals surface area contributed by atoms with Crippen molar-refractivity contribution in [3.63, 3.8) is 0 Å². The third-order valence-electron chi connectivity index (χ3n) is 4.10. The van der Waals surface area contributed by atoms with Crippen LogP contribution in [0.15, 0.2) is 29.3 Å². The van der Waals surface area contributed by atoms with Crippen molar-refractivity contribution in [1.29, 1.82) is 0 Å². The number of aromatic amines is 1. The number of H-pyrrole nitrogens is 1. The molecule has 0 atom stereocenters. The van der Waals surface area contributed by atoms with Crippen LogP contribution in [0.3, 0.4) is 0 Å². The molecule has 20 heavy (non-hydrogen) atoms. The first-order chi connectivity index (χ1) is 9.48. The van der Waals surface area contributed by atoms with Crippen molar-refractivity contribution in [2.75, 3.05) is 19.3 Å². The van der Waals surface area contributed by atoms with Gasteiger partial charge in [0.1, 0.15) is 4.90 Å². The molecule has 0 spiro atoms. The minimum atomic E-state index is -3.45. The molecule has 108 valence electrons. The lowest BCUT2D eigenvalue weighted by molar-refractivity contribution is 0.263. The summed E-state index contributed by atoms with van der Waals surface area (Å²) in [5.41, 5.74) is 7.08. The van der Waals surface area contributed by atoms with E-state index in [2.05, 4.69) is 4.98 Å². The summed E-state index contributed by atoms with van der Waals surface area (Å²) in [4.78, 5) is 3.31. The van der Waals surface area contributed by atoms with E-state index in [1.165, 1.54) is 10.7 Å².